The van der Waals surface area contributed by atoms with Crippen LogP contribution in [0.4, 0.5) is 4.39 Å². The average molecular weight is 235 g/mol. The molecule has 0 amide bonds. The van der Waals surface area contributed by atoms with Crippen LogP contribution < -0.4 is 5.32 Å². The van der Waals surface area contributed by atoms with Crippen LogP contribution in [0, 0.1) is 5.82 Å². The number of pyridine rings is 1. The number of aromatic nitrogens is 1. The Labute approximate surface area is 101 Å². The molecule has 3 nitrogen and oxygen atoms in total. The molecule has 1 aromatic heterocycles. The molecule has 4 heteroatoms. The highest BCUT2D eigenvalue weighted by Gasteiger charge is 2.36. The molecule has 2 saturated heterocycles. The van der Waals surface area contributed by atoms with Crippen LogP contribution >= 0.6 is 0 Å². The molecule has 2 atom stereocenters. The molecule has 2 aliphatic heterocycles. The maximum absolute atomic E-state index is 13.0. The van der Waals surface area contributed by atoms with Gasteiger partial charge in [-0.05, 0) is 37.4 Å². The van der Waals surface area contributed by atoms with Crippen molar-refractivity contribution in [2.24, 2.45) is 0 Å². The van der Waals surface area contributed by atoms with Crippen LogP contribution in [-0.4, -0.2) is 35.1 Å². The van der Waals surface area contributed by atoms with Gasteiger partial charge in [0.15, 0.2) is 0 Å². The van der Waals surface area contributed by atoms with Crippen molar-refractivity contribution in [3.63, 3.8) is 0 Å². The molecular weight excluding hydrogens is 217 g/mol. The topological polar surface area (TPSA) is 28.2 Å². The zero-order chi connectivity index (χ0) is 11.7. The van der Waals surface area contributed by atoms with Crippen LogP contribution in [0.25, 0.3) is 0 Å². The Morgan fingerprint density at radius 3 is 3.18 bits per heavy atom. The smallest absolute Gasteiger partial charge is 0.141 e. The largest absolute Gasteiger partial charge is 0.308 e. The number of fused-ring (bicyclic) bond motifs is 1. The second kappa shape index (κ2) is 4.70. The molecule has 2 unspecified atom stereocenters. The highest BCUT2D eigenvalue weighted by molar-refractivity contribution is 5.10. The van der Waals surface area contributed by atoms with E-state index in [1.165, 1.54) is 38.5 Å². The van der Waals surface area contributed by atoms with E-state index in [1.54, 1.807) is 12.3 Å². The zero-order valence-corrected chi connectivity index (χ0v) is 9.90. The molecule has 0 aliphatic carbocycles. The Kier molecular flexibility index (Phi) is 3.07. The minimum absolute atomic E-state index is 0.252. The monoisotopic (exact) mass is 235 g/mol. The standard InChI is InChI=1S/C13H18FN3/c14-11-6-10(7-15-9-11)8-16-12-3-5-17-4-1-2-13(12)17/h6-7,9,12-13,16H,1-5,8H2. The van der Waals surface area contributed by atoms with E-state index in [2.05, 4.69) is 15.2 Å². The lowest BCUT2D eigenvalue weighted by atomic mass is 10.1. The third kappa shape index (κ3) is 2.33. The summed E-state index contributed by atoms with van der Waals surface area (Å²) in [5, 5.41) is 3.55. The van der Waals surface area contributed by atoms with E-state index in [4.69, 9.17) is 0 Å². The van der Waals surface area contributed by atoms with Gasteiger partial charge in [0, 0.05) is 31.4 Å². The molecule has 0 saturated carbocycles. The Morgan fingerprint density at radius 2 is 2.29 bits per heavy atom. The fourth-order valence-corrected chi connectivity index (χ4v) is 3.12. The van der Waals surface area contributed by atoms with E-state index in [9.17, 15) is 4.39 Å². The van der Waals surface area contributed by atoms with Gasteiger partial charge in [0.05, 0.1) is 6.20 Å². The summed E-state index contributed by atoms with van der Waals surface area (Å²) in [6.45, 7) is 3.19. The van der Waals surface area contributed by atoms with Crippen LogP contribution in [0.5, 0.6) is 0 Å². The fraction of sp³-hybridized carbons (Fsp3) is 0.615. The summed E-state index contributed by atoms with van der Waals surface area (Å²) in [6, 6.07) is 2.83. The maximum Gasteiger partial charge on any atom is 0.141 e. The minimum atomic E-state index is -0.252. The van der Waals surface area contributed by atoms with E-state index in [1.807, 2.05) is 0 Å². The number of rotatable bonds is 3. The quantitative estimate of drug-likeness (QED) is 0.861. The fourth-order valence-electron chi connectivity index (χ4n) is 3.12. The van der Waals surface area contributed by atoms with E-state index in [-0.39, 0.29) is 5.82 Å². The van der Waals surface area contributed by atoms with E-state index < -0.39 is 0 Å². The van der Waals surface area contributed by atoms with Crippen LogP contribution in [0.3, 0.4) is 0 Å². The summed E-state index contributed by atoms with van der Waals surface area (Å²) in [6.07, 6.45) is 6.83. The van der Waals surface area contributed by atoms with Gasteiger partial charge in [-0.25, -0.2) is 4.39 Å². The van der Waals surface area contributed by atoms with Crippen LogP contribution in [0.2, 0.25) is 0 Å². The van der Waals surface area contributed by atoms with Crippen molar-refractivity contribution in [3.8, 4) is 0 Å². The first kappa shape index (κ1) is 11.1. The third-order valence-corrected chi connectivity index (χ3v) is 3.94. The summed E-state index contributed by atoms with van der Waals surface area (Å²) >= 11 is 0. The van der Waals surface area contributed by atoms with Gasteiger partial charge in [0.2, 0.25) is 0 Å². The van der Waals surface area contributed by atoms with E-state index in [0.717, 1.165) is 12.1 Å². The van der Waals surface area contributed by atoms with Gasteiger partial charge in [0.1, 0.15) is 5.82 Å². The Bertz CT molecular complexity index is 396. The van der Waals surface area contributed by atoms with Gasteiger partial charge in [-0.15, -0.1) is 0 Å². The highest BCUT2D eigenvalue weighted by atomic mass is 19.1. The molecule has 1 aromatic rings. The minimum Gasteiger partial charge on any atom is -0.308 e. The predicted octanol–water partition coefficient (Wildman–Crippen LogP) is 1.55. The summed E-state index contributed by atoms with van der Waals surface area (Å²) in [5.41, 5.74) is 0.932. The number of nitrogens with one attached hydrogen (secondary N) is 1. The Balaban J connectivity index is 1.57. The molecular formula is C13H18FN3. The summed E-state index contributed by atoms with van der Waals surface area (Å²) in [7, 11) is 0. The lowest BCUT2D eigenvalue weighted by molar-refractivity contribution is 0.298. The van der Waals surface area contributed by atoms with Crippen LogP contribution in [0.1, 0.15) is 24.8 Å². The van der Waals surface area contributed by atoms with Crippen LogP contribution in [-0.2, 0) is 6.54 Å². The first-order chi connectivity index (χ1) is 8.33. The molecule has 2 fully saturated rings. The summed E-state index contributed by atoms with van der Waals surface area (Å²) < 4.78 is 13.0. The molecule has 0 aromatic carbocycles. The molecule has 1 N–H and O–H groups in total. The van der Waals surface area contributed by atoms with Crippen molar-refractivity contribution in [2.75, 3.05) is 13.1 Å². The van der Waals surface area contributed by atoms with Crippen molar-refractivity contribution < 1.29 is 4.39 Å². The van der Waals surface area contributed by atoms with Gasteiger partial charge in [-0.3, -0.25) is 9.88 Å². The molecule has 3 heterocycles. The van der Waals surface area contributed by atoms with Gasteiger partial charge in [0.25, 0.3) is 0 Å². The molecule has 17 heavy (non-hydrogen) atoms. The van der Waals surface area contributed by atoms with Gasteiger partial charge in [-0.1, -0.05) is 0 Å². The Hall–Kier alpha value is -1.00. The first-order valence-corrected chi connectivity index (χ1v) is 6.40. The second-order valence-corrected chi connectivity index (χ2v) is 5.03. The third-order valence-electron chi connectivity index (χ3n) is 3.94. The first-order valence-electron chi connectivity index (χ1n) is 6.40. The normalized spacial score (nSPS) is 28.5. The lowest BCUT2D eigenvalue weighted by Gasteiger charge is -2.21. The number of hydrogen-bond donors (Lipinski definition) is 1. The molecule has 0 radical (unpaired) electrons. The van der Waals surface area contributed by atoms with Crippen molar-refractivity contribution >= 4 is 0 Å². The highest BCUT2D eigenvalue weighted by Crippen LogP contribution is 2.27. The van der Waals surface area contributed by atoms with Gasteiger partial charge in [-0.2, -0.15) is 0 Å². The van der Waals surface area contributed by atoms with Crippen molar-refractivity contribution in [1.29, 1.82) is 0 Å². The van der Waals surface area contributed by atoms with Gasteiger partial charge < -0.3 is 5.32 Å². The number of hydrogen-bond acceptors (Lipinski definition) is 3. The van der Waals surface area contributed by atoms with Gasteiger partial charge >= 0.3 is 0 Å². The molecule has 0 bridgehead atoms. The molecule has 0 spiro atoms. The molecule has 92 valence electrons. The maximum atomic E-state index is 13.0. The van der Waals surface area contributed by atoms with Crippen LogP contribution in [0.15, 0.2) is 18.5 Å². The average Bonchev–Trinajstić information content (AvgIpc) is 2.89. The van der Waals surface area contributed by atoms with Crippen molar-refractivity contribution in [3.05, 3.63) is 29.8 Å². The zero-order valence-electron chi connectivity index (χ0n) is 9.90. The number of nitrogens with zero attached hydrogens (tertiary/aromatic N) is 2. The SMILES string of the molecule is Fc1cncc(CNC2CCN3CCCC23)c1. The van der Waals surface area contributed by atoms with E-state index >= 15 is 0 Å². The predicted molar refractivity (Wildman–Crippen MR) is 64.0 cm³/mol. The summed E-state index contributed by atoms with van der Waals surface area (Å²) in [4.78, 5) is 6.44. The van der Waals surface area contributed by atoms with Crippen molar-refractivity contribution in [2.45, 2.75) is 37.9 Å². The second-order valence-electron chi connectivity index (χ2n) is 5.03. The van der Waals surface area contributed by atoms with Crippen molar-refractivity contribution in [1.82, 2.24) is 15.2 Å². The molecule has 2 aliphatic rings. The number of halogens is 1. The Morgan fingerprint density at radius 1 is 1.35 bits per heavy atom. The summed E-state index contributed by atoms with van der Waals surface area (Å²) in [5.74, 6) is -0.252. The van der Waals surface area contributed by atoms with E-state index in [0.29, 0.717) is 12.1 Å². The molecule has 3 rings (SSSR count). The lowest BCUT2D eigenvalue weighted by Crippen LogP contribution is -2.38.